The molecule has 0 radical (unpaired) electrons. The van der Waals surface area contributed by atoms with Crippen LogP contribution in [0.2, 0.25) is 0 Å². The highest BCUT2D eigenvalue weighted by Crippen LogP contribution is 2.11. The van der Waals surface area contributed by atoms with Crippen LogP contribution in [0.1, 0.15) is 5.69 Å². The topological polar surface area (TPSA) is 36.7 Å². The fourth-order valence-corrected chi connectivity index (χ4v) is 0.938. The Labute approximate surface area is 70.8 Å². The third-order valence-electron chi connectivity index (χ3n) is 0.948. The van der Waals surface area contributed by atoms with Crippen LogP contribution in [-0.2, 0) is 0 Å². The van der Waals surface area contributed by atoms with E-state index in [9.17, 15) is 4.39 Å². The zero-order chi connectivity index (χ0) is 7.56. The summed E-state index contributed by atoms with van der Waals surface area (Å²) in [6.07, 6.45) is 1.27. The van der Waals surface area contributed by atoms with Crippen molar-refractivity contribution in [2.75, 3.05) is 0 Å². The number of nitrogens with zero attached hydrogens (tertiary/aromatic N) is 2. The Morgan fingerprint density at radius 2 is 2.40 bits per heavy atom. The van der Waals surface area contributed by atoms with Gasteiger partial charge in [0.1, 0.15) is 11.9 Å². The van der Waals surface area contributed by atoms with Gasteiger partial charge in [0.2, 0.25) is 0 Å². The zero-order valence-electron chi connectivity index (χ0n) is 4.81. The number of hydrogen-bond donors (Lipinski definition) is 0. The molecular weight excluding hydrogens is 246 g/mol. The van der Waals surface area contributed by atoms with Gasteiger partial charge in [-0.1, -0.05) is 0 Å². The zero-order valence-corrected chi connectivity index (χ0v) is 6.96. The number of hydrogen-bond acceptors (Lipinski definition) is 2. The Hall–Kier alpha value is -0.700. The van der Waals surface area contributed by atoms with Gasteiger partial charge in [0.15, 0.2) is 5.69 Å². The molecule has 0 aliphatic heterocycles. The van der Waals surface area contributed by atoms with Crippen LogP contribution in [0.25, 0.3) is 0 Å². The molecule has 0 spiro atoms. The van der Waals surface area contributed by atoms with Gasteiger partial charge in [-0.2, -0.15) is 5.26 Å². The number of halogens is 2. The van der Waals surface area contributed by atoms with Gasteiger partial charge >= 0.3 is 0 Å². The van der Waals surface area contributed by atoms with Crippen molar-refractivity contribution in [3.63, 3.8) is 0 Å². The second-order valence-electron chi connectivity index (χ2n) is 1.57. The quantitative estimate of drug-likeness (QED) is 0.655. The van der Waals surface area contributed by atoms with E-state index in [1.54, 1.807) is 28.7 Å². The molecule has 2 nitrogen and oxygen atoms in total. The number of pyridine rings is 1. The van der Waals surface area contributed by atoms with Crippen LogP contribution in [0, 0.1) is 20.7 Å². The smallest absolute Gasteiger partial charge is 0.156 e. The summed E-state index contributed by atoms with van der Waals surface area (Å²) < 4.78 is 12.8. The van der Waals surface area contributed by atoms with Crippen molar-refractivity contribution in [1.82, 2.24) is 4.98 Å². The van der Waals surface area contributed by atoms with Crippen molar-refractivity contribution in [3.8, 4) is 6.07 Å². The first-order valence-electron chi connectivity index (χ1n) is 2.46. The fraction of sp³-hybridized carbons (Fsp3) is 0. The molecule has 10 heavy (non-hydrogen) atoms. The summed E-state index contributed by atoms with van der Waals surface area (Å²) in [6.45, 7) is 0. The van der Waals surface area contributed by atoms with Gasteiger partial charge in [0.25, 0.3) is 0 Å². The molecule has 50 valence electrons. The van der Waals surface area contributed by atoms with E-state index < -0.39 is 5.82 Å². The van der Waals surface area contributed by atoms with Gasteiger partial charge in [-0.15, -0.1) is 0 Å². The third-order valence-corrected chi connectivity index (χ3v) is 1.97. The summed E-state index contributed by atoms with van der Waals surface area (Å²) in [7, 11) is 0. The molecule has 0 bridgehead atoms. The predicted molar refractivity (Wildman–Crippen MR) is 41.6 cm³/mol. The molecule has 0 saturated carbocycles. The lowest BCUT2D eigenvalue weighted by Crippen LogP contribution is -1.90. The summed E-state index contributed by atoms with van der Waals surface area (Å²) in [4.78, 5) is 3.65. The van der Waals surface area contributed by atoms with E-state index in [4.69, 9.17) is 5.26 Å². The van der Waals surface area contributed by atoms with Gasteiger partial charge in [0, 0.05) is 6.20 Å². The fourth-order valence-electron chi connectivity index (χ4n) is 0.498. The predicted octanol–water partition coefficient (Wildman–Crippen LogP) is 1.70. The Kier molecular flexibility index (Phi) is 2.17. The minimum Gasteiger partial charge on any atom is -0.244 e. The molecule has 1 aromatic rings. The van der Waals surface area contributed by atoms with Crippen molar-refractivity contribution in [2.24, 2.45) is 0 Å². The van der Waals surface area contributed by atoms with Crippen LogP contribution in [0.5, 0.6) is 0 Å². The highest BCUT2D eigenvalue weighted by atomic mass is 127. The SMILES string of the molecule is N#Cc1nccc(F)c1I. The van der Waals surface area contributed by atoms with Crippen LogP contribution < -0.4 is 0 Å². The number of rotatable bonds is 0. The van der Waals surface area contributed by atoms with E-state index in [0.29, 0.717) is 0 Å². The summed E-state index contributed by atoms with van der Waals surface area (Å²) >= 11 is 1.74. The molecule has 0 aromatic carbocycles. The van der Waals surface area contributed by atoms with E-state index in [1.165, 1.54) is 12.3 Å². The minimum atomic E-state index is -0.396. The molecule has 0 amide bonds. The summed E-state index contributed by atoms with van der Waals surface area (Å²) in [5.41, 5.74) is 0.139. The van der Waals surface area contributed by atoms with E-state index >= 15 is 0 Å². The second-order valence-corrected chi connectivity index (χ2v) is 2.65. The van der Waals surface area contributed by atoms with Crippen LogP contribution in [0.3, 0.4) is 0 Å². The third kappa shape index (κ3) is 1.24. The van der Waals surface area contributed by atoms with Gasteiger partial charge in [0.05, 0.1) is 3.57 Å². The Bertz CT molecular complexity index is 292. The molecule has 0 saturated heterocycles. The molecule has 0 aliphatic carbocycles. The molecule has 0 atom stereocenters. The van der Waals surface area contributed by atoms with Crippen molar-refractivity contribution in [2.45, 2.75) is 0 Å². The van der Waals surface area contributed by atoms with Crippen LogP contribution in [0.15, 0.2) is 12.3 Å². The first-order valence-corrected chi connectivity index (χ1v) is 3.53. The average Bonchev–Trinajstić information content (AvgIpc) is 1.95. The summed E-state index contributed by atoms with van der Waals surface area (Å²) in [5.74, 6) is -0.396. The van der Waals surface area contributed by atoms with E-state index in [2.05, 4.69) is 4.98 Å². The average molecular weight is 248 g/mol. The molecule has 1 rings (SSSR count). The van der Waals surface area contributed by atoms with Crippen molar-refractivity contribution >= 4 is 22.6 Å². The van der Waals surface area contributed by atoms with Crippen molar-refractivity contribution in [1.29, 1.82) is 5.26 Å². The van der Waals surface area contributed by atoms with Gasteiger partial charge < -0.3 is 0 Å². The number of aromatic nitrogens is 1. The molecule has 0 fully saturated rings. The maximum absolute atomic E-state index is 12.6. The first-order chi connectivity index (χ1) is 4.75. The van der Waals surface area contributed by atoms with E-state index in [0.717, 1.165) is 0 Å². The standard InChI is InChI=1S/C6H2FIN2/c7-4-1-2-10-5(3-9)6(4)8/h1-2H. The Balaban J connectivity index is 3.31. The molecular formula is C6H2FIN2. The molecule has 0 N–H and O–H groups in total. The molecule has 1 aromatic heterocycles. The van der Waals surface area contributed by atoms with Crippen LogP contribution >= 0.6 is 22.6 Å². The highest BCUT2D eigenvalue weighted by molar-refractivity contribution is 14.1. The molecule has 0 unspecified atom stereocenters. The second kappa shape index (κ2) is 2.92. The van der Waals surface area contributed by atoms with Gasteiger partial charge in [-0.3, -0.25) is 0 Å². The largest absolute Gasteiger partial charge is 0.244 e. The van der Waals surface area contributed by atoms with E-state index in [-0.39, 0.29) is 9.26 Å². The highest BCUT2D eigenvalue weighted by Gasteiger charge is 2.03. The Morgan fingerprint density at radius 1 is 1.70 bits per heavy atom. The monoisotopic (exact) mass is 248 g/mol. The maximum atomic E-state index is 12.6. The van der Waals surface area contributed by atoms with E-state index in [1.807, 2.05) is 0 Å². The van der Waals surface area contributed by atoms with Gasteiger partial charge in [-0.25, -0.2) is 9.37 Å². The Morgan fingerprint density at radius 3 is 2.90 bits per heavy atom. The minimum absolute atomic E-state index is 0.139. The normalized spacial score (nSPS) is 8.90. The lowest BCUT2D eigenvalue weighted by Gasteiger charge is -1.92. The first kappa shape index (κ1) is 7.41. The maximum Gasteiger partial charge on any atom is 0.156 e. The van der Waals surface area contributed by atoms with Crippen molar-refractivity contribution in [3.05, 3.63) is 27.3 Å². The summed E-state index contributed by atoms with van der Waals surface area (Å²) in [6, 6.07) is 3.00. The lowest BCUT2D eigenvalue weighted by molar-refractivity contribution is 0.617. The van der Waals surface area contributed by atoms with Crippen LogP contribution in [0.4, 0.5) is 4.39 Å². The molecule has 1 heterocycles. The van der Waals surface area contributed by atoms with Crippen LogP contribution in [-0.4, -0.2) is 4.98 Å². The van der Waals surface area contributed by atoms with Crippen molar-refractivity contribution < 1.29 is 4.39 Å². The van der Waals surface area contributed by atoms with Gasteiger partial charge in [-0.05, 0) is 28.7 Å². The summed E-state index contributed by atoms with van der Waals surface area (Å²) in [5, 5.41) is 8.36. The number of nitriles is 1. The lowest BCUT2D eigenvalue weighted by atomic mass is 10.4. The molecule has 0 aliphatic rings. The molecule has 4 heteroatoms.